The van der Waals surface area contributed by atoms with Gasteiger partial charge in [-0.1, -0.05) is 23.7 Å². The number of anilines is 2. The molecule has 0 radical (unpaired) electrons. The third-order valence-corrected chi connectivity index (χ3v) is 5.24. The Labute approximate surface area is 151 Å². The van der Waals surface area contributed by atoms with Crippen LogP contribution in [0.1, 0.15) is 0 Å². The van der Waals surface area contributed by atoms with Crippen molar-refractivity contribution in [3.05, 3.63) is 53.6 Å². The topological polar surface area (TPSA) is 66.5 Å². The fourth-order valence-corrected chi connectivity index (χ4v) is 3.56. The number of rotatable bonds is 6. The summed E-state index contributed by atoms with van der Waals surface area (Å²) >= 11 is 7.47. The van der Waals surface area contributed by atoms with E-state index in [1.807, 2.05) is 24.5 Å². The van der Waals surface area contributed by atoms with Gasteiger partial charge in [0.25, 0.3) is 0 Å². The van der Waals surface area contributed by atoms with Gasteiger partial charge in [0.15, 0.2) is 0 Å². The molecule has 0 atom stereocenters. The van der Waals surface area contributed by atoms with Crippen molar-refractivity contribution >= 4 is 50.7 Å². The molecule has 0 heterocycles. The molecule has 128 valence electrons. The van der Waals surface area contributed by atoms with Gasteiger partial charge < -0.3 is 5.32 Å². The van der Waals surface area contributed by atoms with Crippen molar-refractivity contribution in [1.29, 1.82) is 0 Å². The quantitative estimate of drug-likeness (QED) is 0.774. The normalized spacial score (nSPS) is 11.1. The average molecular weight is 385 g/mol. The van der Waals surface area contributed by atoms with Crippen molar-refractivity contribution in [3.63, 3.8) is 0 Å². The zero-order valence-electron chi connectivity index (χ0n) is 13.2. The van der Waals surface area contributed by atoms with Crippen LogP contribution in [0.4, 0.5) is 11.4 Å². The molecule has 0 aliphatic heterocycles. The Morgan fingerprint density at radius 1 is 1.21 bits per heavy atom. The number of amides is 1. The Balaban J connectivity index is 2.19. The van der Waals surface area contributed by atoms with Crippen molar-refractivity contribution in [2.24, 2.45) is 0 Å². The fourth-order valence-electron chi connectivity index (χ4n) is 2.06. The van der Waals surface area contributed by atoms with Gasteiger partial charge in [-0.05, 0) is 42.7 Å². The minimum absolute atomic E-state index is 0.331. The lowest BCUT2D eigenvalue weighted by Gasteiger charge is -2.22. The van der Waals surface area contributed by atoms with Gasteiger partial charge in [-0.15, -0.1) is 11.8 Å². The molecule has 0 spiro atoms. The third kappa shape index (κ3) is 5.15. The van der Waals surface area contributed by atoms with Crippen molar-refractivity contribution in [2.45, 2.75) is 4.90 Å². The van der Waals surface area contributed by atoms with Crippen LogP contribution in [0.3, 0.4) is 0 Å². The van der Waals surface area contributed by atoms with Gasteiger partial charge in [0.1, 0.15) is 6.54 Å². The number of halogens is 1. The van der Waals surface area contributed by atoms with Gasteiger partial charge in [-0.2, -0.15) is 0 Å². The highest BCUT2D eigenvalue weighted by atomic mass is 35.5. The second-order valence-corrected chi connectivity index (χ2v) is 8.25. The maximum atomic E-state index is 12.3. The first-order valence-corrected chi connectivity index (χ1v) is 10.4. The molecule has 0 unspecified atom stereocenters. The molecule has 0 saturated heterocycles. The number of nitrogens with zero attached hydrogens (tertiary/aromatic N) is 1. The monoisotopic (exact) mass is 384 g/mol. The Hall–Kier alpha value is -1.70. The maximum absolute atomic E-state index is 12.3. The second-order valence-electron chi connectivity index (χ2n) is 5.03. The highest BCUT2D eigenvalue weighted by Gasteiger charge is 2.21. The predicted molar refractivity (Wildman–Crippen MR) is 100 cm³/mol. The number of nitrogens with one attached hydrogen (secondary N) is 1. The third-order valence-electron chi connectivity index (χ3n) is 3.14. The summed E-state index contributed by atoms with van der Waals surface area (Å²) in [5.41, 5.74) is 0.962. The summed E-state index contributed by atoms with van der Waals surface area (Å²) < 4.78 is 25.1. The molecule has 1 amide bonds. The summed E-state index contributed by atoms with van der Waals surface area (Å²) in [6, 6.07) is 13.7. The summed E-state index contributed by atoms with van der Waals surface area (Å²) in [6.07, 6.45) is 2.99. The zero-order chi connectivity index (χ0) is 17.7. The van der Waals surface area contributed by atoms with Crippen LogP contribution in [0.25, 0.3) is 0 Å². The molecule has 8 heteroatoms. The van der Waals surface area contributed by atoms with Gasteiger partial charge in [-0.3, -0.25) is 9.10 Å². The lowest BCUT2D eigenvalue weighted by molar-refractivity contribution is -0.114. The van der Waals surface area contributed by atoms with Crippen LogP contribution < -0.4 is 9.62 Å². The predicted octanol–water partition coefficient (Wildman–Crippen LogP) is 3.47. The lowest BCUT2D eigenvalue weighted by atomic mass is 10.3. The molecule has 0 fully saturated rings. The van der Waals surface area contributed by atoms with E-state index in [4.69, 9.17) is 11.6 Å². The highest BCUT2D eigenvalue weighted by Crippen LogP contribution is 2.22. The molecular formula is C16H17ClN2O3S2. The Kier molecular flexibility index (Phi) is 6.15. The molecule has 2 rings (SSSR count). The molecule has 2 aromatic carbocycles. The van der Waals surface area contributed by atoms with Crippen LogP contribution in [0, 0.1) is 0 Å². The van der Waals surface area contributed by atoms with Crippen molar-refractivity contribution < 1.29 is 13.2 Å². The van der Waals surface area contributed by atoms with Crippen LogP contribution in [-0.2, 0) is 14.8 Å². The second kappa shape index (κ2) is 7.92. The van der Waals surface area contributed by atoms with Gasteiger partial charge >= 0.3 is 0 Å². The highest BCUT2D eigenvalue weighted by molar-refractivity contribution is 7.98. The Morgan fingerprint density at radius 3 is 2.54 bits per heavy atom. The number of carbonyl (C=O) groups excluding carboxylic acids is 1. The number of hydrogen-bond acceptors (Lipinski definition) is 4. The summed E-state index contributed by atoms with van der Waals surface area (Å²) in [4.78, 5) is 13.3. The maximum Gasteiger partial charge on any atom is 0.245 e. The largest absolute Gasteiger partial charge is 0.324 e. The minimum atomic E-state index is -3.63. The van der Waals surface area contributed by atoms with Crippen LogP contribution in [0.5, 0.6) is 0 Å². The smallest absolute Gasteiger partial charge is 0.245 e. The lowest BCUT2D eigenvalue weighted by Crippen LogP contribution is -2.37. The number of benzene rings is 2. The van der Waals surface area contributed by atoms with E-state index in [-0.39, 0.29) is 6.54 Å². The van der Waals surface area contributed by atoms with E-state index < -0.39 is 15.9 Å². The molecule has 1 N–H and O–H groups in total. The summed E-state index contributed by atoms with van der Waals surface area (Å²) in [7, 11) is -3.63. The SMILES string of the molecule is CSc1cccc(NC(=O)CN(c2cccc(Cl)c2)S(C)(=O)=O)c1. The summed E-state index contributed by atoms with van der Waals surface area (Å²) in [5.74, 6) is -0.432. The Morgan fingerprint density at radius 2 is 1.92 bits per heavy atom. The molecule has 0 aliphatic rings. The standard InChI is InChI=1S/C16H17ClN2O3S2/c1-23-15-8-4-6-13(10-15)18-16(20)11-19(24(2,21)22)14-7-3-5-12(17)9-14/h3-10H,11H2,1-2H3,(H,18,20). The number of sulfonamides is 1. The molecule has 2 aromatic rings. The first kappa shape index (κ1) is 18.6. The molecule has 0 saturated carbocycles. The van der Waals surface area contributed by atoms with E-state index >= 15 is 0 Å². The van der Waals surface area contributed by atoms with Gasteiger partial charge in [-0.25, -0.2) is 8.42 Å². The Bertz CT molecular complexity index is 841. The average Bonchev–Trinajstić information content (AvgIpc) is 2.51. The molecule has 0 aliphatic carbocycles. The molecular weight excluding hydrogens is 368 g/mol. The fraction of sp³-hybridized carbons (Fsp3) is 0.188. The van der Waals surface area contributed by atoms with Crippen molar-refractivity contribution in [1.82, 2.24) is 0 Å². The first-order chi connectivity index (χ1) is 11.3. The van der Waals surface area contributed by atoms with Gasteiger partial charge in [0.2, 0.25) is 15.9 Å². The zero-order valence-corrected chi connectivity index (χ0v) is 15.6. The number of thioether (sulfide) groups is 1. The summed E-state index contributed by atoms with van der Waals surface area (Å²) in [6.45, 7) is -0.331. The van der Waals surface area contributed by atoms with E-state index in [2.05, 4.69) is 5.32 Å². The minimum Gasteiger partial charge on any atom is -0.324 e. The van der Waals surface area contributed by atoms with Crippen LogP contribution >= 0.6 is 23.4 Å². The van der Waals surface area contributed by atoms with E-state index in [1.54, 1.807) is 36.0 Å². The van der Waals surface area contributed by atoms with E-state index in [9.17, 15) is 13.2 Å². The van der Waals surface area contributed by atoms with E-state index in [1.165, 1.54) is 6.07 Å². The van der Waals surface area contributed by atoms with E-state index in [0.717, 1.165) is 15.5 Å². The van der Waals surface area contributed by atoms with Gasteiger partial charge in [0.05, 0.1) is 11.9 Å². The van der Waals surface area contributed by atoms with Crippen LogP contribution in [0.2, 0.25) is 5.02 Å². The van der Waals surface area contributed by atoms with Crippen LogP contribution in [0.15, 0.2) is 53.4 Å². The number of carbonyl (C=O) groups is 1. The van der Waals surface area contributed by atoms with E-state index in [0.29, 0.717) is 16.4 Å². The number of hydrogen-bond donors (Lipinski definition) is 1. The van der Waals surface area contributed by atoms with Crippen LogP contribution in [-0.4, -0.2) is 33.4 Å². The first-order valence-electron chi connectivity index (χ1n) is 6.97. The van der Waals surface area contributed by atoms with Gasteiger partial charge in [0, 0.05) is 15.6 Å². The molecule has 5 nitrogen and oxygen atoms in total. The van der Waals surface area contributed by atoms with Crippen molar-refractivity contribution in [2.75, 3.05) is 28.7 Å². The molecule has 24 heavy (non-hydrogen) atoms. The molecule has 0 bridgehead atoms. The van der Waals surface area contributed by atoms with Crippen molar-refractivity contribution in [3.8, 4) is 0 Å². The molecule has 0 aromatic heterocycles. The summed E-state index contributed by atoms with van der Waals surface area (Å²) in [5, 5.41) is 3.11.